The molecule has 0 spiro atoms. The van der Waals surface area contributed by atoms with Crippen molar-refractivity contribution in [3.63, 3.8) is 0 Å². The van der Waals surface area contributed by atoms with Crippen LogP contribution in [0.2, 0.25) is 0 Å². The number of nitrogens with zero attached hydrogens (tertiary/aromatic N) is 2. The fourth-order valence-corrected chi connectivity index (χ4v) is 2.08. The summed E-state index contributed by atoms with van der Waals surface area (Å²) >= 11 is 0. The summed E-state index contributed by atoms with van der Waals surface area (Å²) in [5.41, 5.74) is 0.406. The van der Waals surface area contributed by atoms with Crippen molar-refractivity contribution in [2.45, 2.75) is 31.7 Å². The van der Waals surface area contributed by atoms with Crippen LogP contribution in [0.15, 0.2) is 25.0 Å². The Balaban J connectivity index is 1.98. The van der Waals surface area contributed by atoms with Crippen LogP contribution >= 0.6 is 0 Å². The maximum Gasteiger partial charge on any atom is 0.270 e. The third kappa shape index (κ3) is 3.29. The van der Waals surface area contributed by atoms with Crippen LogP contribution in [0.5, 0.6) is 0 Å². The minimum absolute atomic E-state index is 0.119. The first-order valence-electron chi connectivity index (χ1n) is 6.27. The number of carbonyl (C=O) groups is 1. The van der Waals surface area contributed by atoms with Crippen LogP contribution in [0.3, 0.4) is 0 Å². The van der Waals surface area contributed by atoms with Gasteiger partial charge in [-0.05, 0) is 12.8 Å². The van der Waals surface area contributed by atoms with Gasteiger partial charge in [0.1, 0.15) is 17.8 Å². The van der Waals surface area contributed by atoms with Gasteiger partial charge in [0.15, 0.2) is 0 Å². The van der Waals surface area contributed by atoms with E-state index in [0.717, 1.165) is 12.8 Å². The van der Waals surface area contributed by atoms with Gasteiger partial charge < -0.3 is 10.6 Å². The van der Waals surface area contributed by atoms with E-state index >= 15 is 0 Å². The van der Waals surface area contributed by atoms with Gasteiger partial charge in [-0.2, -0.15) is 0 Å². The molecule has 5 nitrogen and oxygen atoms in total. The highest BCUT2D eigenvalue weighted by atomic mass is 16.1. The highest BCUT2D eigenvalue weighted by Gasteiger charge is 2.18. The van der Waals surface area contributed by atoms with Crippen LogP contribution in [0.4, 0.5) is 5.82 Å². The molecule has 0 bridgehead atoms. The average molecular weight is 246 g/mol. The summed E-state index contributed by atoms with van der Waals surface area (Å²) in [6, 6.07) is 1.96. The van der Waals surface area contributed by atoms with Crippen molar-refractivity contribution in [2.24, 2.45) is 0 Å². The Labute approximate surface area is 107 Å². The van der Waals surface area contributed by atoms with E-state index in [0.29, 0.717) is 24.1 Å². The highest BCUT2D eigenvalue weighted by molar-refractivity contribution is 5.93. The van der Waals surface area contributed by atoms with Crippen molar-refractivity contribution in [1.82, 2.24) is 15.3 Å². The van der Waals surface area contributed by atoms with Gasteiger partial charge in [-0.15, -0.1) is 6.58 Å². The summed E-state index contributed by atoms with van der Waals surface area (Å²) in [5.74, 6) is 0.521. The molecule has 1 aromatic heterocycles. The summed E-state index contributed by atoms with van der Waals surface area (Å²) in [5, 5.41) is 6.04. The summed E-state index contributed by atoms with van der Waals surface area (Å²) < 4.78 is 0. The fourth-order valence-electron chi connectivity index (χ4n) is 2.08. The molecule has 0 aromatic carbocycles. The number of aromatic nitrogens is 2. The van der Waals surface area contributed by atoms with Gasteiger partial charge in [0.2, 0.25) is 0 Å². The van der Waals surface area contributed by atoms with Crippen LogP contribution in [0, 0.1) is 0 Å². The standard InChI is InChI=1S/C13H18N4O/c1-2-7-14-12-8-11(15-9-16-12)13(18)17-10-5-3-4-6-10/h2,8-10H,1,3-7H2,(H,17,18)(H,14,15,16). The average Bonchev–Trinajstić information content (AvgIpc) is 2.89. The lowest BCUT2D eigenvalue weighted by molar-refractivity contribution is 0.0932. The van der Waals surface area contributed by atoms with Gasteiger partial charge in [-0.25, -0.2) is 9.97 Å². The zero-order valence-electron chi connectivity index (χ0n) is 10.4. The Morgan fingerprint density at radius 3 is 2.94 bits per heavy atom. The topological polar surface area (TPSA) is 66.9 Å². The molecule has 2 N–H and O–H groups in total. The third-order valence-corrected chi connectivity index (χ3v) is 3.02. The summed E-state index contributed by atoms with van der Waals surface area (Å²) in [6.45, 7) is 4.23. The zero-order chi connectivity index (χ0) is 12.8. The van der Waals surface area contributed by atoms with Gasteiger partial charge in [0.25, 0.3) is 5.91 Å². The number of anilines is 1. The molecule has 1 aliphatic rings. The molecule has 5 heteroatoms. The van der Waals surface area contributed by atoms with E-state index in [1.54, 1.807) is 12.1 Å². The lowest BCUT2D eigenvalue weighted by atomic mass is 10.2. The summed E-state index contributed by atoms with van der Waals surface area (Å²) in [4.78, 5) is 20.0. The van der Waals surface area contributed by atoms with E-state index in [-0.39, 0.29) is 5.91 Å². The molecule has 1 fully saturated rings. The van der Waals surface area contributed by atoms with Crippen molar-refractivity contribution in [1.29, 1.82) is 0 Å². The molecule has 2 rings (SSSR count). The van der Waals surface area contributed by atoms with Gasteiger partial charge in [-0.1, -0.05) is 18.9 Å². The van der Waals surface area contributed by atoms with Crippen molar-refractivity contribution < 1.29 is 4.79 Å². The Kier molecular flexibility index (Phi) is 4.28. The molecule has 96 valence electrons. The number of hydrogen-bond donors (Lipinski definition) is 2. The van der Waals surface area contributed by atoms with E-state index in [4.69, 9.17) is 0 Å². The molecule has 1 amide bonds. The zero-order valence-corrected chi connectivity index (χ0v) is 10.4. The second-order valence-electron chi connectivity index (χ2n) is 4.41. The maximum absolute atomic E-state index is 12.0. The molecule has 0 unspecified atom stereocenters. The first kappa shape index (κ1) is 12.5. The van der Waals surface area contributed by atoms with Crippen LogP contribution < -0.4 is 10.6 Å². The van der Waals surface area contributed by atoms with E-state index in [9.17, 15) is 4.79 Å². The molecule has 0 atom stereocenters. The normalized spacial score (nSPS) is 15.3. The molecule has 1 heterocycles. The molecule has 0 aliphatic heterocycles. The molecular weight excluding hydrogens is 228 g/mol. The Bertz CT molecular complexity index is 427. The molecule has 1 aromatic rings. The number of amides is 1. The molecule has 0 radical (unpaired) electrons. The minimum Gasteiger partial charge on any atom is -0.366 e. The van der Waals surface area contributed by atoms with Crippen LogP contribution in [0.1, 0.15) is 36.2 Å². The lowest BCUT2D eigenvalue weighted by Gasteiger charge is -2.11. The second kappa shape index (κ2) is 6.14. The molecular formula is C13H18N4O. The number of hydrogen-bond acceptors (Lipinski definition) is 4. The van der Waals surface area contributed by atoms with Crippen molar-refractivity contribution >= 4 is 11.7 Å². The van der Waals surface area contributed by atoms with Gasteiger partial charge >= 0.3 is 0 Å². The molecule has 0 saturated heterocycles. The van der Waals surface area contributed by atoms with E-state index < -0.39 is 0 Å². The van der Waals surface area contributed by atoms with Crippen molar-refractivity contribution in [3.05, 3.63) is 30.7 Å². The monoisotopic (exact) mass is 246 g/mol. The van der Waals surface area contributed by atoms with Crippen LogP contribution in [-0.2, 0) is 0 Å². The van der Waals surface area contributed by atoms with E-state index in [1.165, 1.54) is 19.2 Å². The van der Waals surface area contributed by atoms with Gasteiger partial charge in [-0.3, -0.25) is 4.79 Å². The van der Waals surface area contributed by atoms with Crippen LogP contribution in [0.25, 0.3) is 0 Å². The number of nitrogens with one attached hydrogen (secondary N) is 2. The summed E-state index contributed by atoms with van der Waals surface area (Å²) in [6.07, 6.45) is 7.66. The summed E-state index contributed by atoms with van der Waals surface area (Å²) in [7, 11) is 0. The smallest absolute Gasteiger partial charge is 0.270 e. The quantitative estimate of drug-likeness (QED) is 0.777. The van der Waals surface area contributed by atoms with Crippen molar-refractivity contribution in [3.8, 4) is 0 Å². The van der Waals surface area contributed by atoms with Gasteiger partial charge in [0.05, 0.1) is 0 Å². The first-order chi connectivity index (χ1) is 8.79. The molecule has 1 aliphatic carbocycles. The van der Waals surface area contributed by atoms with E-state index in [2.05, 4.69) is 27.2 Å². The van der Waals surface area contributed by atoms with Crippen molar-refractivity contribution in [2.75, 3.05) is 11.9 Å². The number of carbonyl (C=O) groups excluding carboxylic acids is 1. The minimum atomic E-state index is -0.119. The SMILES string of the molecule is C=CCNc1cc(C(=O)NC2CCCC2)ncn1. The number of rotatable bonds is 5. The fraction of sp³-hybridized carbons (Fsp3) is 0.462. The van der Waals surface area contributed by atoms with E-state index in [1.807, 2.05) is 0 Å². The predicted molar refractivity (Wildman–Crippen MR) is 70.4 cm³/mol. The third-order valence-electron chi connectivity index (χ3n) is 3.02. The molecule has 1 saturated carbocycles. The highest BCUT2D eigenvalue weighted by Crippen LogP contribution is 2.18. The maximum atomic E-state index is 12.0. The molecule has 18 heavy (non-hydrogen) atoms. The second-order valence-corrected chi connectivity index (χ2v) is 4.41. The van der Waals surface area contributed by atoms with Gasteiger partial charge in [0, 0.05) is 18.7 Å². The first-order valence-corrected chi connectivity index (χ1v) is 6.27. The Hall–Kier alpha value is -1.91. The Morgan fingerprint density at radius 1 is 1.44 bits per heavy atom. The predicted octanol–water partition coefficient (Wildman–Crippen LogP) is 1.75. The largest absolute Gasteiger partial charge is 0.366 e. The lowest BCUT2D eigenvalue weighted by Crippen LogP contribution is -2.33. The Morgan fingerprint density at radius 2 is 2.22 bits per heavy atom. The van der Waals surface area contributed by atoms with Crippen LogP contribution in [-0.4, -0.2) is 28.5 Å².